The smallest absolute Gasteiger partial charge is 0.366 e. The number of hydrogen-bond donors (Lipinski definition) is 0. The molecule has 164 valence electrons. The Kier molecular flexibility index (Phi) is 9.75. The molecular weight excluding hydrogens is 374 g/mol. The average Bonchev–Trinajstić information content (AvgIpc) is 2.71. The fourth-order valence-electron chi connectivity index (χ4n) is 3.56. The number of rotatable bonds is 10. The van der Waals surface area contributed by atoms with Crippen LogP contribution >= 0.6 is 0 Å². The summed E-state index contributed by atoms with van der Waals surface area (Å²) in [6.07, 6.45) is -2.63. The molecule has 0 radical (unpaired) electrons. The van der Waals surface area contributed by atoms with E-state index in [1.54, 1.807) is 7.05 Å². The monoisotopic (exact) mass is 407 g/mol. The Morgan fingerprint density at radius 1 is 1.14 bits per heavy atom. The molecule has 1 aliphatic heterocycles. The molecular formula is C18H33NO9. The van der Waals surface area contributed by atoms with E-state index in [2.05, 4.69) is 0 Å². The predicted molar refractivity (Wildman–Crippen MR) is 97.7 cm³/mol. The minimum absolute atomic E-state index is 0.0316. The zero-order chi connectivity index (χ0) is 21.5. The van der Waals surface area contributed by atoms with Crippen molar-refractivity contribution in [2.45, 2.75) is 49.6 Å². The Morgan fingerprint density at radius 3 is 2.18 bits per heavy atom. The van der Waals surface area contributed by atoms with Gasteiger partial charge in [0.1, 0.15) is 18.3 Å². The largest absolute Gasteiger partial charge is 0.465 e. The van der Waals surface area contributed by atoms with Gasteiger partial charge in [-0.15, -0.1) is 0 Å². The molecule has 0 aliphatic carbocycles. The van der Waals surface area contributed by atoms with Crippen LogP contribution in [0.3, 0.4) is 0 Å². The maximum atomic E-state index is 12.5. The minimum atomic E-state index is -1.71. The summed E-state index contributed by atoms with van der Waals surface area (Å²) < 4.78 is 38.5. The van der Waals surface area contributed by atoms with Crippen LogP contribution in [0.25, 0.3) is 0 Å². The van der Waals surface area contributed by atoms with E-state index in [1.165, 1.54) is 54.5 Å². The van der Waals surface area contributed by atoms with E-state index in [1.807, 2.05) is 0 Å². The lowest BCUT2D eigenvalue weighted by Gasteiger charge is -2.50. The molecule has 1 saturated heterocycles. The number of hydrogen-bond acceptors (Lipinski definition) is 9. The molecule has 6 atom stereocenters. The van der Waals surface area contributed by atoms with Crippen LogP contribution in [0.15, 0.2) is 0 Å². The summed E-state index contributed by atoms with van der Waals surface area (Å²) in [6.45, 7) is 1.65. The SMILES string of the molecule is COC[C@@H](OC)[C@@H](OC)[C@@H]1OC(OC)(C(=O)OC)C[C@H](OC)[C@H]1N(C)C(C)=O. The highest BCUT2D eigenvalue weighted by atomic mass is 16.7. The van der Waals surface area contributed by atoms with Crippen LogP contribution in [-0.2, 0) is 42.7 Å². The number of esters is 1. The van der Waals surface area contributed by atoms with Crippen molar-refractivity contribution in [1.29, 1.82) is 0 Å². The Morgan fingerprint density at radius 2 is 1.79 bits per heavy atom. The first kappa shape index (κ1) is 24.7. The van der Waals surface area contributed by atoms with E-state index in [0.29, 0.717) is 0 Å². The van der Waals surface area contributed by atoms with Gasteiger partial charge in [-0.1, -0.05) is 0 Å². The number of nitrogens with zero attached hydrogens (tertiary/aromatic N) is 1. The molecule has 0 spiro atoms. The molecule has 10 nitrogen and oxygen atoms in total. The highest BCUT2D eigenvalue weighted by Gasteiger charge is 2.57. The third kappa shape index (κ3) is 5.00. The lowest BCUT2D eigenvalue weighted by Crippen LogP contribution is -2.68. The van der Waals surface area contributed by atoms with Gasteiger partial charge in [-0.3, -0.25) is 4.79 Å². The second-order valence-electron chi connectivity index (χ2n) is 6.56. The van der Waals surface area contributed by atoms with Crippen molar-refractivity contribution in [3.63, 3.8) is 0 Å². The predicted octanol–water partition coefficient (Wildman–Crippen LogP) is -0.171. The van der Waals surface area contributed by atoms with Crippen LogP contribution in [0, 0.1) is 0 Å². The molecule has 0 N–H and O–H groups in total. The normalized spacial score (nSPS) is 29.8. The van der Waals surface area contributed by atoms with Gasteiger partial charge in [0.15, 0.2) is 0 Å². The van der Waals surface area contributed by atoms with Crippen LogP contribution in [-0.4, -0.2) is 109 Å². The molecule has 0 aromatic rings. The van der Waals surface area contributed by atoms with Crippen LogP contribution in [0.2, 0.25) is 0 Å². The maximum absolute atomic E-state index is 12.5. The molecule has 1 fully saturated rings. The Hall–Kier alpha value is -1.30. The number of methoxy groups -OCH3 is 6. The van der Waals surface area contributed by atoms with Crippen molar-refractivity contribution in [3.05, 3.63) is 0 Å². The first-order valence-corrected chi connectivity index (χ1v) is 8.88. The number of ether oxygens (including phenoxy) is 7. The van der Waals surface area contributed by atoms with Crippen molar-refractivity contribution in [1.82, 2.24) is 4.90 Å². The van der Waals surface area contributed by atoms with Crippen molar-refractivity contribution in [3.8, 4) is 0 Å². The Bertz CT molecular complexity index is 517. The summed E-state index contributed by atoms with van der Waals surface area (Å²) in [5, 5.41) is 0. The first-order valence-electron chi connectivity index (χ1n) is 8.88. The minimum Gasteiger partial charge on any atom is -0.465 e. The summed E-state index contributed by atoms with van der Waals surface area (Å²) >= 11 is 0. The highest BCUT2D eigenvalue weighted by molar-refractivity contribution is 5.78. The average molecular weight is 407 g/mol. The van der Waals surface area contributed by atoms with E-state index in [0.717, 1.165) is 0 Å². The summed E-state index contributed by atoms with van der Waals surface area (Å²) in [5.74, 6) is -2.61. The van der Waals surface area contributed by atoms with Gasteiger partial charge in [-0.05, 0) is 0 Å². The summed E-state index contributed by atoms with van der Waals surface area (Å²) in [7, 11) is 10.3. The Labute approximate surface area is 166 Å². The lowest BCUT2D eigenvalue weighted by molar-refractivity contribution is -0.316. The highest BCUT2D eigenvalue weighted by Crippen LogP contribution is 2.37. The second-order valence-corrected chi connectivity index (χ2v) is 6.56. The molecule has 0 aromatic carbocycles. The molecule has 10 heteroatoms. The molecule has 28 heavy (non-hydrogen) atoms. The summed E-state index contributed by atoms with van der Waals surface area (Å²) in [6, 6.07) is -0.574. The number of likely N-dealkylation sites (N-methyl/N-ethyl adjacent to an activating group) is 1. The first-order chi connectivity index (χ1) is 13.3. The number of carbonyl (C=O) groups excluding carboxylic acids is 2. The standard InChI is InChI=1S/C18H33NO9/c1-11(20)19(2)14-12(23-4)9-18(27-8,17(21)26-7)28-16(14)15(25-6)13(24-5)10-22-3/h12-16H,9-10H2,1-8H3/t12-,13+,14+,15+,16+,18?/m0/s1. The van der Waals surface area contributed by atoms with E-state index >= 15 is 0 Å². The molecule has 0 saturated carbocycles. The van der Waals surface area contributed by atoms with Gasteiger partial charge in [0.25, 0.3) is 5.79 Å². The van der Waals surface area contributed by atoms with E-state index in [9.17, 15) is 9.59 Å². The molecule has 1 amide bonds. The van der Waals surface area contributed by atoms with Crippen LogP contribution in [0.5, 0.6) is 0 Å². The third-order valence-corrected chi connectivity index (χ3v) is 5.18. The molecule has 0 aromatic heterocycles. The van der Waals surface area contributed by atoms with E-state index in [-0.39, 0.29) is 18.9 Å². The zero-order valence-corrected chi connectivity index (χ0v) is 17.9. The van der Waals surface area contributed by atoms with Gasteiger partial charge < -0.3 is 38.1 Å². The summed E-state index contributed by atoms with van der Waals surface area (Å²) in [5.41, 5.74) is 0. The zero-order valence-electron chi connectivity index (χ0n) is 17.9. The molecule has 1 rings (SSSR count). The Balaban J connectivity index is 3.48. The van der Waals surface area contributed by atoms with Crippen molar-refractivity contribution >= 4 is 11.9 Å². The maximum Gasteiger partial charge on any atom is 0.366 e. The van der Waals surface area contributed by atoms with Gasteiger partial charge in [-0.2, -0.15) is 0 Å². The van der Waals surface area contributed by atoms with Crippen molar-refractivity contribution < 1.29 is 42.7 Å². The fraction of sp³-hybridized carbons (Fsp3) is 0.889. The van der Waals surface area contributed by atoms with Crippen LogP contribution in [0.4, 0.5) is 0 Å². The van der Waals surface area contributed by atoms with Gasteiger partial charge in [0.05, 0.1) is 25.9 Å². The van der Waals surface area contributed by atoms with E-state index < -0.39 is 42.2 Å². The van der Waals surface area contributed by atoms with Gasteiger partial charge in [-0.25, -0.2) is 4.79 Å². The van der Waals surface area contributed by atoms with Gasteiger partial charge in [0.2, 0.25) is 5.91 Å². The number of carbonyl (C=O) groups is 2. The van der Waals surface area contributed by atoms with E-state index in [4.69, 9.17) is 33.2 Å². The van der Waals surface area contributed by atoms with Crippen LogP contribution in [0.1, 0.15) is 13.3 Å². The molecule has 1 heterocycles. The quantitative estimate of drug-likeness (QED) is 0.457. The second kappa shape index (κ2) is 11.0. The summed E-state index contributed by atoms with van der Waals surface area (Å²) in [4.78, 5) is 26.2. The van der Waals surface area contributed by atoms with Crippen molar-refractivity contribution in [2.75, 3.05) is 56.3 Å². The molecule has 1 aliphatic rings. The van der Waals surface area contributed by atoms with Crippen LogP contribution < -0.4 is 0 Å². The molecule has 0 bridgehead atoms. The fourth-order valence-corrected chi connectivity index (χ4v) is 3.56. The number of amides is 1. The third-order valence-electron chi connectivity index (χ3n) is 5.18. The van der Waals surface area contributed by atoms with Crippen molar-refractivity contribution in [2.24, 2.45) is 0 Å². The lowest BCUT2D eigenvalue weighted by atomic mass is 9.87. The molecule has 1 unspecified atom stereocenters. The van der Waals surface area contributed by atoms with Gasteiger partial charge >= 0.3 is 5.97 Å². The topological polar surface area (TPSA) is 102 Å². The van der Waals surface area contributed by atoms with Gasteiger partial charge in [0, 0.05) is 55.9 Å².